The van der Waals surface area contributed by atoms with E-state index in [-0.39, 0.29) is 10.6 Å². The molecule has 0 amide bonds. The lowest BCUT2D eigenvalue weighted by Crippen LogP contribution is -2.40. The highest BCUT2D eigenvalue weighted by atomic mass is 35.5. The number of halogens is 3. The Balaban J connectivity index is 2.42. The van der Waals surface area contributed by atoms with Crippen molar-refractivity contribution in [1.29, 1.82) is 0 Å². The highest BCUT2D eigenvalue weighted by Gasteiger charge is 2.35. The summed E-state index contributed by atoms with van der Waals surface area (Å²) in [4.78, 5) is 11.6. The van der Waals surface area contributed by atoms with E-state index in [9.17, 15) is 18.7 Å². The predicted molar refractivity (Wildman–Crippen MR) is 76.4 cm³/mol. The molecule has 0 saturated heterocycles. The second-order valence-electron chi connectivity index (χ2n) is 4.69. The van der Waals surface area contributed by atoms with Gasteiger partial charge < -0.3 is 10.4 Å². The largest absolute Gasteiger partial charge is 0.479 e. The highest BCUT2D eigenvalue weighted by Crippen LogP contribution is 2.29. The fourth-order valence-electron chi connectivity index (χ4n) is 1.88. The van der Waals surface area contributed by atoms with Crippen LogP contribution in [0.3, 0.4) is 0 Å². The molecule has 0 heterocycles. The molecular formula is C15H12ClF2NO2. The lowest BCUT2D eigenvalue weighted by molar-refractivity contribution is -0.142. The van der Waals surface area contributed by atoms with Crippen LogP contribution in [0.15, 0.2) is 42.5 Å². The molecule has 0 aliphatic heterocycles. The average molecular weight is 312 g/mol. The topological polar surface area (TPSA) is 49.3 Å². The van der Waals surface area contributed by atoms with Crippen molar-refractivity contribution < 1.29 is 18.7 Å². The Kier molecular flexibility index (Phi) is 4.14. The van der Waals surface area contributed by atoms with Crippen molar-refractivity contribution in [2.24, 2.45) is 0 Å². The molecule has 2 aromatic carbocycles. The summed E-state index contributed by atoms with van der Waals surface area (Å²) >= 11 is 5.70. The van der Waals surface area contributed by atoms with Gasteiger partial charge in [-0.15, -0.1) is 0 Å². The molecule has 2 rings (SSSR count). The maximum absolute atomic E-state index is 13.2. The molecule has 1 unspecified atom stereocenters. The zero-order valence-electron chi connectivity index (χ0n) is 11.0. The van der Waals surface area contributed by atoms with E-state index in [1.165, 1.54) is 43.3 Å². The molecule has 2 aromatic rings. The number of rotatable bonds is 4. The van der Waals surface area contributed by atoms with Crippen molar-refractivity contribution in [2.75, 3.05) is 5.32 Å². The van der Waals surface area contributed by atoms with Crippen LogP contribution in [0, 0.1) is 11.6 Å². The number of hydrogen-bond donors (Lipinski definition) is 2. The molecule has 0 spiro atoms. The van der Waals surface area contributed by atoms with Gasteiger partial charge in [-0.05, 0) is 48.9 Å². The van der Waals surface area contributed by atoms with E-state index in [1.54, 1.807) is 0 Å². The van der Waals surface area contributed by atoms with E-state index in [0.29, 0.717) is 5.69 Å². The number of carbonyl (C=O) groups is 1. The van der Waals surface area contributed by atoms with E-state index in [4.69, 9.17) is 11.6 Å². The Morgan fingerprint density at radius 3 is 2.33 bits per heavy atom. The average Bonchev–Trinajstić information content (AvgIpc) is 2.44. The van der Waals surface area contributed by atoms with Crippen LogP contribution < -0.4 is 5.32 Å². The zero-order chi connectivity index (χ0) is 15.6. The second-order valence-corrected chi connectivity index (χ2v) is 5.10. The zero-order valence-corrected chi connectivity index (χ0v) is 11.8. The number of benzene rings is 2. The summed E-state index contributed by atoms with van der Waals surface area (Å²) in [6.45, 7) is 1.42. The van der Waals surface area contributed by atoms with E-state index in [0.717, 1.165) is 6.07 Å². The van der Waals surface area contributed by atoms with Crippen LogP contribution in [0.25, 0.3) is 0 Å². The van der Waals surface area contributed by atoms with Gasteiger partial charge in [0.25, 0.3) is 0 Å². The van der Waals surface area contributed by atoms with Gasteiger partial charge in [-0.1, -0.05) is 17.7 Å². The summed E-state index contributed by atoms with van der Waals surface area (Å²) in [5.74, 6) is -2.23. The summed E-state index contributed by atoms with van der Waals surface area (Å²) < 4.78 is 26.1. The third-order valence-electron chi connectivity index (χ3n) is 3.16. The smallest absolute Gasteiger partial charge is 0.333 e. The fourth-order valence-corrected chi connectivity index (χ4v) is 2.06. The predicted octanol–water partition coefficient (Wildman–Crippen LogP) is 4.03. The van der Waals surface area contributed by atoms with E-state index < -0.39 is 23.1 Å². The molecule has 1 atom stereocenters. The van der Waals surface area contributed by atoms with Crippen molar-refractivity contribution in [3.05, 3.63) is 64.7 Å². The molecule has 0 aromatic heterocycles. The lowest BCUT2D eigenvalue weighted by Gasteiger charge is -2.28. The van der Waals surface area contributed by atoms with Gasteiger partial charge in [0.2, 0.25) is 0 Å². The molecule has 0 fully saturated rings. The maximum Gasteiger partial charge on any atom is 0.333 e. The lowest BCUT2D eigenvalue weighted by atomic mass is 9.91. The summed E-state index contributed by atoms with van der Waals surface area (Å²) in [7, 11) is 0. The van der Waals surface area contributed by atoms with Crippen LogP contribution in [-0.4, -0.2) is 11.1 Å². The van der Waals surface area contributed by atoms with Gasteiger partial charge in [0.15, 0.2) is 5.54 Å². The van der Waals surface area contributed by atoms with E-state index >= 15 is 0 Å². The van der Waals surface area contributed by atoms with Crippen LogP contribution in [0.4, 0.5) is 14.5 Å². The molecule has 0 bridgehead atoms. The van der Waals surface area contributed by atoms with Crippen molar-refractivity contribution in [3.8, 4) is 0 Å². The molecule has 0 aliphatic carbocycles. The normalized spacial score (nSPS) is 13.5. The van der Waals surface area contributed by atoms with Crippen LogP contribution >= 0.6 is 11.6 Å². The third kappa shape index (κ3) is 3.13. The Hall–Kier alpha value is -2.14. The minimum atomic E-state index is -1.53. The van der Waals surface area contributed by atoms with Crippen molar-refractivity contribution >= 4 is 23.3 Å². The molecule has 0 radical (unpaired) electrons. The summed E-state index contributed by atoms with van der Waals surface area (Å²) in [5, 5.41) is 12.1. The molecule has 6 heteroatoms. The maximum atomic E-state index is 13.2. The summed E-state index contributed by atoms with van der Waals surface area (Å²) in [6, 6.07) is 8.95. The first-order valence-electron chi connectivity index (χ1n) is 6.05. The first-order chi connectivity index (χ1) is 9.83. The van der Waals surface area contributed by atoms with Crippen LogP contribution in [-0.2, 0) is 10.3 Å². The number of carboxylic acids is 1. The Bertz CT molecular complexity index is 676. The van der Waals surface area contributed by atoms with E-state index in [1.807, 2.05) is 0 Å². The minimum Gasteiger partial charge on any atom is -0.479 e. The van der Waals surface area contributed by atoms with Crippen molar-refractivity contribution in [1.82, 2.24) is 0 Å². The van der Waals surface area contributed by atoms with Gasteiger partial charge >= 0.3 is 5.97 Å². The minimum absolute atomic E-state index is 0.166. The van der Waals surface area contributed by atoms with Gasteiger partial charge in [0.1, 0.15) is 11.6 Å². The monoisotopic (exact) mass is 311 g/mol. The van der Waals surface area contributed by atoms with Gasteiger partial charge in [-0.2, -0.15) is 0 Å². The van der Waals surface area contributed by atoms with Gasteiger partial charge in [0.05, 0.1) is 5.02 Å². The fraction of sp³-hybridized carbons (Fsp3) is 0.133. The van der Waals surface area contributed by atoms with Crippen molar-refractivity contribution in [2.45, 2.75) is 12.5 Å². The van der Waals surface area contributed by atoms with Crippen LogP contribution in [0.5, 0.6) is 0 Å². The molecule has 3 nitrogen and oxygen atoms in total. The van der Waals surface area contributed by atoms with Crippen molar-refractivity contribution in [3.63, 3.8) is 0 Å². The summed E-state index contributed by atoms with van der Waals surface area (Å²) in [6.07, 6.45) is 0. The Morgan fingerprint density at radius 1 is 1.19 bits per heavy atom. The highest BCUT2D eigenvalue weighted by molar-refractivity contribution is 6.30. The quantitative estimate of drug-likeness (QED) is 0.896. The SMILES string of the molecule is CC(Nc1ccc(F)cc1)(C(=O)O)c1ccc(F)c(Cl)c1. The molecular weight excluding hydrogens is 300 g/mol. The number of anilines is 1. The summed E-state index contributed by atoms with van der Waals surface area (Å²) in [5.41, 5.74) is -0.831. The number of nitrogens with one attached hydrogen (secondary N) is 1. The number of aliphatic carboxylic acids is 1. The molecule has 21 heavy (non-hydrogen) atoms. The van der Waals surface area contributed by atoms with Crippen LogP contribution in [0.2, 0.25) is 5.02 Å². The molecule has 2 N–H and O–H groups in total. The number of carboxylic acid groups (broad SMARTS) is 1. The Labute approximate surface area is 125 Å². The standard InChI is InChI=1S/C15H12ClF2NO2/c1-15(14(20)21,9-2-7-13(18)12(16)8-9)19-11-5-3-10(17)4-6-11/h2-8,19H,1H3,(H,20,21). The number of hydrogen-bond acceptors (Lipinski definition) is 2. The van der Waals surface area contributed by atoms with Gasteiger partial charge in [0, 0.05) is 5.69 Å². The first-order valence-corrected chi connectivity index (χ1v) is 6.43. The first kappa shape index (κ1) is 15.3. The molecule has 110 valence electrons. The van der Waals surface area contributed by atoms with Gasteiger partial charge in [-0.25, -0.2) is 13.6 Å². The second kappa shape index (κ2) is 5.69. The van der Waals surface area contributed by atoms with Crippen LogP contribution in [0.1, 0.15) is 12.5 Å². The molecule has 0 saturated carbocycles. The third-order valence-corrected chi connectivity index (χ3v) is 3.45. The Morgan fingerprint density at radius 2 is 1.81 bits per heavy atom. The molecule has 0 aliphatic rings. The van der Waals surface area contributed by atoms with Gasteiger partial charge in [-0.3, -0.25) is 0 Å². The van der Waals surface area contributed by atoms with E-state index in [2.05, 4.69) is 5.32 Å².